The maximum absolute atomic E-state index is 12.9. The zero-order valence-corrected chi connectivity index (χ0v) is 18.1. The second kappa shape index (κ2) is 6.26. The summed E-state index contributed by atoms with van der Waals surface area (Å²) in [4.78, 5) is 37.0. The van der Waals surface area contributed by atoms with Crippen molar-refractivity contribution in [3.05, 3.63) is 36.0 Å². The number of Topliss-reactive ketones (excluding diaryl/α,β-unsaturated/α-hetero) is 1. The predicted octanol–water partition coefficient (Wildman–Crippen LogP) is 4.74. The number of allylic oxidation sites excluding steroid dienone is 2. The fourth-order valence-electron chi connectivity index (χ4n) is 7.64. The molecule has 6 atom stereocenters. The Balaban J connectivity index is 1.79. The lowest BCUT2D eigenvalue weighted by Gasteiger charge is -2.59. The van der Waals surface area contributed by atoms with Gasteiger partial charge in [-0.15, -0.1) is 0 Å². The Morgan fingerprint density at radius 2 is 1.79 bits per heavy atom. The van der Waals surface area contributed by atoms with Gasteiger partial charge in [-0.2, -0.15) is 0 Å². The van der Waals surface area contributed by atoms with Crippen molar-refractivity contribution < 1.29 is 19.1 Å². The molecule has 0 unspecified atom stereocenters. The number of ketones is 2. The van der Waals surface area contributed by atoms with Gasteiger partial charge in [-0.1, -0.05) is 32.6 Å². The molecule has 4 aliphatic carbocycles. The molecule has 4 aliphatic rings. The minimum Gasteiger partial charge on any atom is -0.446 e. The molecular formula is C25H32O4. The Labute approximate surface area is 173 Å². The third-order valence-corrected chi connectivity index (χ3v) is 8.88. The minimum absolute atomic E-state index is 0.0422. The van der Waals surface area contributed by atoms with Gasteiger partial charge in [0.05, 0.1) is 0 Å². The molecule has 3 fully saturated rings. The molecule has 0 radical (unpaired) electrons. The molecule has 4 nitrogen and oxygen atoms in total. The first kappa shape index (κ1) is 20.3. The first-order valence-electron chi connectivity index (χ1n) is 10.8. The van der Waals surface area contributed by atoms with Crippen LogP contribution >= 0.6 is 0 Å². The molecule has 156 valence electrons. The number of fused-ring (bicyclic) bond motifs is 5. The average molecular weight is 397 g/mol. The third-order valence-electron chi connectivity index (χ3n) is 8.88. The van der Waals surface area contributed by atoms with Crippen LogP contribution in [0.1, 0.15) is 66.2 Å². The average Bonchev–Trinajstić information content (AvgIpc) is 2.85. The SMILES string of the molecule is C=C1C[C@H]2[C@H](CC[C@@]3(C)[C@H]2CC(=C)[C@]3(OC(C)=O)C(C)=O)[C@@]2(C)CCC(=O)C=C12. The fourth-order valence-corrected chi connectivity index (χ4v) is 7.64. The molecule has 0 N–H and O–H groups in total. The van der Waals surface area contributed by atoms with Crippen LogP contribution in [0.25, 0.3) is 0 Å². The Kier molecular flexibility index (Phi) is 4.39. The molecule has 0 amide bonds. The molecule has 0 aromatic heterocycles. The van der Waals surface area contributed by atoms with Gasteiger partial charge in [0.15, 0.2) is 17.2 Å². The van der Waals surface area contributed by atoms with Crippen LogP contribution in [-0.4, -0.2) is 23.1 Å². The van der Waals surface area contributed by atoms with Crippen molar-refractivity contribution in [1.82, 2.24) is 0 Å². The lowest BCUT2D eigenvalue weighted by Crippen LogP contribution is -2.59. The summed E-state index contributed by atoms with van der Waals surface area (Å²) in [7, 11) is 0. The van der Waals surface area contributed by atoms with Crippen LogP contribution in [0.2, 0.25) is 0 Å². The molecule has 0 aromatic carbocycles. The summed E-state index contributed by atoms with van der Waals surface area (Å²) in [5.41, 5.74) is 1.22. The van der Waals surface area contributed by atoms with Gasteiger partial charge in [0.1, 0.15) is 0 Å². The van der Waals surface area contributed by atoms with Crippen LogP contribution in [0, 0.1) is 28.6 Å². The van der Waals surface area contributed by atoms with Crippen molar-refractivity contribution in [2.24, 2.45) is 28.6 Å². The largest absolute Gasteiger partial charge is 0.446 e. The number of hydrogen-bond acceptors (Lipinski definition) is 4. The van der Waals surface area contributed by atoms with Crippen LogP contribution in [0.4, 0.5) is 0 Å². The van der Waals surface area contributed by atoms with E-state index in [9.17, 15) is 14.4 Å². The highest BCUT2D eigenvalue weighted by Crippen LogP contribution is 2.69. The summed E-state index contributed by atoms with van der Waals surface area (Å²) in [6, 6.07) is 0. The molecule has 0 bridgehead atoms. The summed E-state index contributed by atoms with van der Waals surface area (Å²) in [5, 5.41) is 0. The predicted molar refractivity (Wildman–Crippen MR) is 111 cm³/mol. The lowest BCUT2D eigenvalue weighted by molar-refractivity contribution is -0.181. The Morgan fingerprint density at radius 3 is 2.41 bits per heavy atom. The molecule has 0 aromatic rings. The third kappa shape index (κ3) is 2.47. The van der Waals surface area contributed by atoms with Gasteiger partial charge in [-0.25, -0.2) is 0 Å². The number of carbonyl (C=O) groups excluding carboxylic acids is 3. The van der Waals surface area contributed by atoms with Gasteiger partial charge in [0.25, 0.3) is 0 Å². The lowest BCUT2D eigenvalue weighted by atomic mass is 9.45. The molecule has 29 heavy (non-hydrogen) atoms. The van der Waals surface area contributed by atoms with E-state index in [0.717, 1.165) is 42.4 Å². The second-order valence-corrected chi connectivity index (χ2v) is 10.2. The molecule has 4 heteroatoms. The van der Waals surface area contributed by atoms with Gasteiger partial charge >= 0.3 is 5.97 Å². The maximum Gasteiger partial charge on any atom is 0.303 e. The van der Waals surface area contributed by atoms with Crippen LogP contribution in [0.5, 0.6) is 0 Å². The highest BCUT2D eigenvalue weighted by Gasteiger charge is 2.69. The number of ether oxygens (including phenoxy) is 1. The van der Waals surface area contributed by atoms with Gasteiger partial charge in [-0.3, -0.25) is 14.4 Å². The smallest absolute Gasteiger partial charge is 0.303 e. The zero-order chi connectivity index (χ0) is 21.4. The molecule has 0 saturated heterocycles. The Morgan fingerprint density at radius 1 is 1.10 bits per heavy atom. The van der Waals surface area contributed by atoms with Crippen LogP contribution < -0.4 is 0 Å². The minimum atomic E-state index is -1.23. The number of esters is 1. The molecular weight excluding hydrogens is 364 g/mol. The number of hydrogen-bond donors (Lipinski definition) is 0. The molecule has 0 aliphatic heterocycles. The van der Waals surface area contributed by atoms with E-state index in [1.54, 1.807) is 0 Å². The number of carbonyl (C=O) groups is 3. The van der Waals surface area contributed by atoms with Crippen molar-refractivity contribution in [3.63, 3.8) is 0 Å². The van der Waals surface area contributed by atoms with Crippen molar-refractivity contribution in [1.29, 1.82) is 0 Å². The van der Waals surface area contributed by atoms with Crippen LogP contribution in [-0.2, 0) is 19.1 Å². The van der Waals surface area contributed by atoms with Crippen molar-refractivity contribution >= 4 is 17.5 Å². The summed E-state index contributed by atoms with van der Waals surface area (Å²) in [5.74, 6) is 0.665. The molecule has 0 heterocycles. The van der Waals surface area contributed by atoms with Gasteiger partial charge in [0, 0.05) is 18.8 Å². The topological polar surface area (TPSA) is 60.4 Å². The second-order valence-electron chi connectivity index (χ2n) is 10.2. The monoisotopic (exact) mass is 396 g/mol. The first-order valence-corrected chi connectivity index (χ1v) is 10.8. The van der Waals surface area contributed by atoms with Crippen LogP contribution in [0.3, 0.4) is 0 Å². The van der Waals surface area contributed by atoms with E-state index in [-0.39, 0.29) is 22.9 Å². The van der Waals surface area contributed by atoms with Gasteiger partial charge in [-0.05, 0) is 79.4 Å². The molecule has 4 rings (SSSR count). The highest BCUT2D eigenvalue weighted by atomic mass is 16.6. The highest BCUT2D eigenvalue weighted by molar-refractivity contribution is 5.93. The van der Waals surface area contributed by atoms with E-state index in [2.05, 4.69) is 27.0 Å². The van der Waals surface area contributed by atoms with Gasteiger partial charge in [0.2, 0.25) is 0 Å². The van der Waals surface area contributed by atoms with Gasteiger partial charge < -0.3 is 4.74 Å². The van der Waals surface area contributed by atoms with E-state index in [1.807, 2.05) is 6.08 Å². The Hall–Kier alpha value is -1.97. The van der Waals surface area contributed by atoms with E-state index in [4.69, 9.17) is 4.74 Å². The Bertz CT molecular complexity index is 879. The summed E-state index contributed by atoms with van der Waals surface area (Å²) in [6.45, 7) is 15.9. The fraction of sp³-hybridized carbons (Fsp3) is 0.640. The standard InChI is InChI=1S/C25H32O4/c1-14-11-19-20(23(5)9-7-18(28)13-21(14)23)8-10-24(6)22(19)12-15(2)25(24,16(3)26)29-17(4)27/h13,19-20,22H,1-2,7-12H2,3-6H3/t19-,20-,22-,23+,24-,25-/m0/s1. The van der Waals surface area contributed by atoms with Crippen molar-refractivity contribution in [2.45, 2.75) is 71.8 Å². The number of rotatable bonds is 2. The first-order chi connectivity index (χ1) is 13.5. The maximum atomic E-state index is 12.9. The van der Waals surface area contributed by atoms with E-state index >= 15 is 0 Å². The summed E-state index contributed by atoms with van der Waals surface area (Å²) < 4.78 is 5.83. The normalized spacial score (nSPS) is 43.8. The van der Waals surface area contributed by atoms with E-state index in [1.165, 1.54) is 13.8 Å². The van der Waals surface area contributed by atoms with E-state index in [0.29, 0.717) is 24.7 Å². The molecule has 0 spiro atoms. The molecule has 3 saturated carbocycles. The zero-order valence-electron chi connectivity index (χ0n) is 18.1. The quantitative estimate of drug-likeness (QED) is 0.500. The van der Waals surface area contributed by atoms with Crippen molar-refractivity contribution in [3.8, 4) is 0 Å². The van der Waals surface area contributed by atoms with Crippen LogP contribution in [0.15, 0.2) is 36.0 Å². The van der Waals surface area contributed by atoms with E-state index < -0.39 is 17.0 Å². The van der Waals surface area contributed by atoms with Crippen molar-refractivity contribution in [2.75, 3.05) is 0 Å². The summed E-state index contributed by atoms with van der Waals surface area (Å²) >= 11 is 0. The summed E-state index contributed by atoms with van der Waals surface area (Å²) in [6.07, 6.45) is 6.60.